The summed E-state index contributed by atoms with van der Waals surface area (Å²) in [4.78, 5) is 12.6. The molecule has 26 heavy (non-hydrogen) atoms. The van der Waals surface area contributed by atoms with Crippen LogP contribution in [0.2, 0.25) is 0 Å². The van der Waals surface area contributed by atoms with Crippen LogP contribution in [0.25, 0.3) is 0 Å². The molecule has 0 saturated heterocycles. The highest BCUT2D eigenvalue weighted by Crippen LogP contribution is 2.24. The van der Waals surface area contributed by atoms with Gasteiger partial charge >= 0.3 is 0 Å². The van der Waals surface area contributed by atoms with Crippen LogP contribution in [0.1, 0.15) is 61.5 Å². The second kappa shape index (κ2) is 10.6. The Hall–Kier alpha value is -2.29. The Balaban J connectivity index is 2.06. The van der Waals surface area contributed by atoms with Crippen LogP contribution >= 0.6 is 0 Å². The van der Waals surface area contributed by atoms with Gasteiger partial charge in [0, 0.05) is 12.0 Å². The second-order valence-corrected chi connectivity index (χ2v) is 6.44. The van der Waals surface area contributed by atoms with Gasteiger partial charge in [-0.3, -0.25) is 4.79 Å². The SMILES string of the molecule is CCCOc1cccc(C(=O)CCc2cc(CC)ccc2OCCC)c1. The monoisotopic (exact) mass is 354 g/mol. The number of carbonyl (C=O) groups excluding carboxylic acids is 1. The molecule has 2 rings (SSSR count). The van der Waals surface area contributed by atoms with Crippen LogP contribution in [0.5, 0.6) is 11.5 Å². The molecule has 0 aromatic heterocycles. The number of hydrogen-bond donors (Lipinski definition) is 0. The first kappa shape index (κ1) is 20.0. The number of aryl methyl sites for hydroxylation is 2. The molecule has 0 fully saturated rings. The maximum atomic E-state index is 12.6. The van der Waals surface area contributed by atoms with Gasteiger partial charge in [-0.25, -0.2) is 0 Å². The van der Waals surface area contributed by atoms with E-state index >= 15 is 0 Å². The largest absolute Gasteiger partial charge is 0.494 e. The van der Waals surface area contributed by atoms with E-state index in [1.165, 1.54) is 5.56 Å². The summed E-state index contributed by atoms with van der Waals surface area (Å²) in [6, 6.07) is 13.8. The molecule has 140 valence electrons. The quantitative estimate of drug-likeness (QED) is 0.490. The van der Waals surface area contributed by atoms with Crippen molar-refractivity contribution in [2.75, 3.05) is 13.2 Å². The van der Waals surface area contributed by atoms with Gasteiger partial charge in [0.2, 0.25) is 0 Å². The van der Waals surface area contributed by atoms with Gasteiger partial charge in [0.15, 0.2) is 5.78 Å². The van der Waals surface area contributed by atoms with Crippen LogP contribution in [-0.4, -0.2) is 19.0 Å². The number of benzene rings is 2. The first-order valence-corrected chi connectivity index (χ1v) is 9.68. The standard InChI is InChI=1S/C23H30O3/c1-4-14-25-21-9-7-8-19(17-21)22(24)12-11-20-16-18(6-3)10-13-23(20)26-15-5-2/h7-10,13,16-17H,4-6,11-12,14-15H2,1-3H3. The van der Waals surface area contributed by atoms with Crippen LogP contribution in [-0.2, 0) is 12.8 Å². The molecule has 0 aliphatic heterocycles. The van der Waals surface area contributed by atoms with Gasteiger partial charge in [-0.15, -0.1) is 0 Å². The van der Waals surface area contributed by atoms with Crippen LogP contribution in [0.15, 0.2) is 42.5 Å². The van der Waals surface area contributed by atoms with Crippen LogP contribution in [0.3, 0.4) is 0 Å². The number of carbonyl (C=O) groups is 1. The summed E-state index contributed by atoms with van der Waals surface area (Å²) < 4.78 is 11.5. The number of Topliss-reactive ketones (excluding diaryl/α,β-unsaturated/α-hetero) is 1. The minimum absolute atomic E-state index is 0.135. The predicted octanol–water partition coefficient (Wildman–Crippen LogP) is 5.64. The van der Waals surface area contributed by atoms with Crippen molar-refractivity contribution >= 4 is 5.78 Å². The molecule has 0 amide bonds. The Morgan fingerprint density at radius 1 is 0.923 bits per heavy atom. The zero-order valence-electron chi connectivity index (χ0n) is 16.2. The summed E-state index contributed by atoms with van der Waals surface area (Å²) in [5.74, 6) is 1.80. The normalized spacial score (nSPS) is 10.6. The highest BCUT2D eigenvalue weighted by molar-refractivity contribution is 5.96. The minimum Gasteiger partial charge on any atom is -0.494 e. The molecule has 3 nitrogen and oxygen atoms in total. The molecule has 0 bridgehead atoms. The smallest absolute Gasteiger partial charge is 0.163 e. The third-order valence-electron chi connectivity index (χ3n) is 4.25. The lowest BCUT2D eigenvalue weighted by Crippen LogP contribution is -2.05. The Labute approximate surface area is 157 Å². The number of ketones is 1. The van der Waals surface area contributed by atoms with Crippen molar-refractivity contribution in [3.8, 4) is 11.5 Å². The van der Waals surface area contributed by atoms with Gasteiger partial charge in [0.25, 0.3) is 0 Å². The van der Waals surface area contributed by atoms with Crippen molar-refractivity contribution in [3.63, 3.8) is 0 Å². The third-order valence-corrected chi connectivity index (χ3v) is 4.25. The second-order valence-electron chi connectivity index (χ2n) is 6.44. The summed E-state index contributed by atoms with van der Waals surface area (Å²) in [6.07, 6.45) is 4.05. The average Bonchev–Trinajstić information content (AvgIpc) is 2.69. The molecule has 0 spiro atoms. The van der Waals surface area contributed by atoms with E-state index in [2.05, 4.69) is 32.9 Å². The fourth-order valence-electron chi connectivity index (χ4n) is 2.77. The molecule has 0 radical (unpaired) electrons. The van der Waals surface area contributed by atoms with E-state index < -0.39 is 0 Å². The lowest BCUT2D eigenvalue weighted by molar-refractivity contribution is 0.0982. The summed E-state index contributed by atoms with van der Waals surface area (Å²) in [5.41, 5.74) is 3.09. The zero-order valence-corrected chi connectivity index (χ0v) is 16.2. The molecule has 0 unspecified atom stereocenters. The average molecular weight is 354 g/mol. The van der Waals surface area contributed by atoms with Gasteiger partial charge in [-0.1, -0.05) is 45.0 Å². The molecule has 0 saturated carbocycles. The number of hydrogen-bond acceptors (Lipinski definition) is 3. The summed E-state index contributed by atoms with van der Waals surface area (Å²) >= 11 is 0. The van der Waals surface area contributed by atoms with E-state index in [0.29, 0.717) is 31.6 Å². The van der Waals surface area contributed by atoms with E-state index in [-0.39, 0.29) is 5.78 Å². The maximum Gasteiger partial charge on any atom is 0.163 e. The van der Waals surface area contributed by atoms with Crippen molar-refractivity contribution in [3.05, 3.63) is 59.2 Å². The van der Waals surface area contributed by atoms with E-state index in [4.69, 9.17) is 9.47 Å². The van der Waals surface area contributed by atoms with E-state index in [1.807, 2.05) is 30.3 Å². The lowest BCUT2D eigenvalue weighted by Gasteiger charge is -2.12. The summed E-state index contributed by atoms with van der Waals surface area (Å²) in [5, 5.41) is 0. The van der Waals surface area contributed by atoms with Crippen LogP contribution in [0.4, 0.5) is 0 Å². The van der Waals surface area contributed by atoms with Crippen LogP contribution < -0.4 is 9.47 Å². The van der Waals surface area contributed by atoms with Gasteiger partial charge in [0.05, 0.1) is 13.2 Å². The van der Waals surface area contributed by atoms with Gasteiger partial charge in [-0.05, 0) is 55.0 Å². The first-order chi connectivity index (χ1) is 12.7. The van der Waals surface area contributed by atoms with Crippen molar-refractivity contribution in [2.24, 2.45) is 0 Å². The van der Waals surface area contributed by atoms with E-state index in [0.717, 1.165) is 36.3 Å². The maximum absolute atomic E-state index is 12.6. The molecule has 2 aromatic carbocycles. The zero-order chi connectivity index (χ0) is 18.8. The Bertz CT molecular complexity index is 706. The Morgan fingerprint density at radius 2 is 1.69 bits per heavy atom. The van der Waals surface area contributed by atoms with E-state index in [9.17, 15) is 4.79 Å². The molecule has 0 heterocycles. The highest BCUT2D eigenvalue weighted by atomic mass is 16.5. The van der Waals surface area contributed by atoms with Crippen LogP contribution in [0, 0.1) is 0 Å². The molecule has 0 N–H and O–H groups in total. The number of rotatable bonds is 11. The minimum atomic E-state index is 0.135. The first-order valence-electron chi connectivity index (χ1n) is 9.68. The molecule has 0 atom stereocenters. The molecule has 0 aliphatic carbocycles. The van der Waals surface area contributed by atoms with Crippen molar-refractivity contribution in [1.82, 2.24) is 0 Å². The molecule has 2 aromatic rings. The van der Waals surface area contributed by atoms with Crippen molar-refractivity contribution in [1.29, 1.82) is 0 Å². The fraction of sp³-hybridized carbons (Fsp3) is 0.435. The van der Waals surface area contributed by atoms with Gasteiger partial charge in [-0.2, -0.15) is 0 Å². The lowest BCUT2D eigenvalue weighted by atomic mass is 9.99. The number of ether oxygens (including phenoxy) is 2. The summed E-state index contributed by atoms with van der Waals surface area (Å²) in [6.45, 7) is 7.66. The molecule has 3 heteroatoms. The fourth-order valence-corrected chi connectivity index (χ4v) is 2.77. The van der Waals surface area contributed by atoms with Gasteiger partial charge in [0.1, 0.15) is 11.5 Å². The van der Waals surface area contributed by atoms with Crippen molar-refractivity contribution < 1.29 is 14.3 Å². The molecular formula is C23H30O3. The van der Waals surface area contributed by atoms with E-state index in [1.54, 1.807) is 0 Å². The molecule has 0 aliphatic rings. The molecular weight excluding hydrogens is 324 g/mol. The Morgan fingerprint density at radius 3 is 2.42 bits per heavy atom. The van der Waals surface area contributed by atoms with Crippen molar-refractivity contribution in [2.45, 2.75) is 52.9 Å². The van der Waals surface area contributed by atoms with Gasteiger partial charge < -0.3 is 9.47 Å². The highest BCUT2D eigenvalue weighted by Gasteiger charge is 2.11. The Kier molecular flexibility index (Phi) is 8.20. The predicted molar refractivity (Wildman–Crippen MR) is 106 cm³/mol. The topological polar surface area (TPSA) is 35.5 Å². The third kappa shape index (κ3) is 5.91. The summed E-state index contributed by atoms with van der Waals surface area (Å²) in [7, 11) is 0.